The first-order valence-electron chi connectivity index (χ1n) is 4.91. The number of hydrogen-bond acceptors (Lipinski definition) is 5. The Kier molecular flexibility index (Phi) is 4.26. The Morgan fingerprint density at radius 2 is 2.00 bits per heavy atom. The Labute approximate surface area is 88.0 Å². The number of aliphatic hydroxyl groups is 3. The molecule has 1 aliphatic heterocycles. The summed E-state index contributed by atoms with van der Waals surface area (Å²) in [4.78, 5) is 11.2. The Balaban J connectivity index is 2.72. The van der Waals surface area contributed by atoms with Crippen LogP contribution in [0.1, 0.15) is 19.8 Å². The van der Waals surface area contributed by atoms with Crippen LogP contribution in [0.5, 0.6) is 0 Å². The van der Waals surface area contributed by atoms with E-state index in [1.807, 2.05) is 0 Å². The zero-order chi connectivity index (χ0) is 11.4. The first kappa shape index (κ1) is 12.2. The maximum absolute atomic E-state index is 11.2. The van der Waals surface area contributed by atoms with Crippen LogP contribution in [0.2, 0.25) is 0 Å². The molecule has 5 nitrogen and oxygen atoms in total. The predicted octanol–water partition coefficient (Wildman–Crippen LogP) is -0.649. The van der Waals surface area contributed by atoms with Gasteiger partial charge < -0.3 is 20.1 Å². The monoisotopic (exact) mass is 221 g/mol. The maximum atomic E-state index is 11.2. The van der Waals surface area contributed by atoms with Crippen LogP contribution in [-0.2, 0) is 9.53 Å². The molecule has 1 heterocycles. The summed E-state index contributed by atoms with van der Waals surface area (Å²) in [5.74, 6) is -0.573. The van der Waals surface area contributed by atoms with E-state index in [2.05, 4.69) is 0 Å². The number of esters is 1. The molecule has 4 atom stereocenters. The lowest BCUT2D eigenvalue weighted by Gasteiger charge is -2.20. The summed E-state index contributed by atoms with van der Waals surface area (Å²) in [5.41, 5.74) is 0. The van der Waals surface area contributed by atoms with Crippen LogP contribution in [-0.4, -0.2) is 45.7 Å². The summed E-state index contributed by atoms with van der Waals surface area (Å²) >= 11 is 0. The second kappa shape index (κ2) is 5.25. The summed E-state index contributed by atoms with van der Waals surface area (Å²) in [7, 11) is 0. The average molecular weight is 221 g/mol. The fourth-order valence-electron chi connectivity index (χ4n) is 1.40. The van der Waals surface area contributed by atoms with Crippen molar-refractivity contribution in [3.8, 4) is 0 Å². The molecule has 15 heavy (non-hydrogen) atoms. The highest BCUT2D eigenvalue weighted by Gasteiger charge is 2.22. The Morgan fingerprint density at radius 1 is 1.33 bits per heavy atom. The Morgan fingerprint density at radius 3 is 2.67 bits per heavy atom. The highest BCUT2D eigenvalue weighted by molar-refractivity contribution is 5.70. The van der Waals surface area contributed by atoms with Gasteiger partial charge in [0.2, 0.25) is 0 Å². The first-order chi connectivity index (χ1) is 6.99. The third-order valence-corrected chi connectivity index (χ3v) is 2.21. The predicted molar refractivity (Wildman–Crippen MR) is 51.9 cm³/mol. The fraction of sp³-hybridized carbons (Fsp3) is 0.700. The van der Waals surface area contributed by atoms with Gasteiger partial charge in [-0.05, 0) is 6.92 Å². The van der Waals surface area contributed by atoms with Gasteiger partial charge in [0.25, 0.3) is 0 Å². The largest absolute Gasteiger partial charge is 0.462 e. The summed E-state index contributed by atoms with van der Waals surface area (Å²) in [5, 5.41) is 28.1. The van der Waals surface area contributed by atoms with Crippen molar-refractivity contribution >= 4 is 5.97 Å². The van der Waals surface area contributed by atoms with Crippen LogP contribution in [0.3, 0.4) is 0 Å². The van der Waals surface area contributed by atoms with Crippen molar-refractivity contribution in [1.82, 2.24) is 0 Å². The summed E-state index contributed by atoms with van der Waals surface area (Å²) < 4.78 is 4.91. The molecule has 0 aromatic rings. The van der Waals surface area contributed by atoms with Gasteiger partial charge in [-0.2, -0.15) is 0 Å². The quantitative estimate of drug-likeness (QED) is 0.287. The molecule has 0 radical (unpaired) electrons. The molecule has 0 aliphatic carbocycles. The van der Waals surface area contributed by atoms with Gasteiger partial charge in [-0.3, -0.25) is 4.79 Å². The fourth-order valence-corrected chi connectivity index (χ4v) is 1.40. The second-order valence-corrected chi connectivity index (χ2v) is 3.75. The molecule has 1 rings (SSSR count). The van der Waals surface area contributed by atoms with Crippen LogP contribution in [0.15, 0.2) is 12.2 Å². The van der Waals surface area contributed by atoms with Gasteiger partial charge in [-0.25, -0.2) is 0 Å². The molecule has 1 aliphatic rings. The van der Waals surface area contributed by atoms with Crippen molar-refractivity contribution in [3.05, 3.63) is 12.2 Å². The van der Waals surface area contributed by atoms with Gasteiger partial charge in [-0.15, -0.1) is 0 Å². The molecular weight excluding hydrogens is 205 g/mol. The summed E-state index contributed by atoms with van der Waals surface area (Å²) in [6.45, 7) is 1.67. The smallest absolute Gasteiger partial charge is 0.308 e. The highest BCUT2D eigenvalue weighted by atomic mass is 16.6. The van der Waals surface area contributed by atoms with E-state index in [0.717, 1.165) is 0 Å². The van der Waals surface area contributed by atoms with Gasteiger partial charge in [0.1, 0.15) is 6.10 Å². The van der Waals surface area contributed by atoms with Crippen LogP contribution in [0.4, 0.5) is 0 Å². The van der Waals surface area contributed by atoms with Crippen molar-refractivity contribution in [1.29, 1.82) is 0 Å². The van der Waals surface area contributed by atoms with Crippen molar-refractivity contribution in [2.45, 2.75) is 44.2 Å². The molecule has 5 heteroatoms. The van der Waals surface area contributed by atoms with Crippen LogP contribution in [0, 0.1) is 0 Å². The van der Waals surface area contributed by atoms with E-state index in [1.165, 1.54) is 12.2 Å². The standard InChI is InChI=1S/C10H16O5/c1-6-4-7(11)2-3-8(12)9(13)5-10(14)15-6/h2-3,6-9,11-13H,4-5H2,1H3/b3-2+/t6-,7-,8+,9+/m1/s1/i1+1,2+1,4+1,5+1,8+1. The number of rotatable bonds is 0. The number of cyclic esters (lactones) is 1. The third-order valence-electron chi connectivity index (χ3n) is 2.21. The van der Waals surface area contributed by atoms with E-state index in [9.17, 15) is 20.1 Å². The molecule has 0 aromatic heterocycles. The van der Waals surface area contributed by atoms with Gasteiger partial charge in [0.05, 0.1) is 24.7 Å². The molecule has 0 unspecified atom stereocenters. The topological polar surface area (TPSA) is 87.0 Å². The molecular formula is C10H16O5. The molecule has 0 bridgehead atoms. The lowest BCUT2D eigenvalue weighted by atomic mass is 10.5. The molecule has 3 N–H and O–H groups in total. The number of carbonyl (C=O) groups excluding carboxylic acids is 1. The van der Waals surface area contributed by atoms with Gasteiger partial charge in [-0.1, -0.05) is 12.2 Å². The lowest BCUT2D eigenvalue weighted by Crippen LogP contribution is -2.31. The van der Waals surface area contributed by atoms with E-state index in [-0.39, 0.29) is 12.8 Å². The number of aliphatic hydroxyl groups excluding tert-OH is 3. The van der Waals surface area contributed by atoms with Crippen molar-refractivity contribution in [2.24, 2.45) is 0 Å². The summed E-state index contributed by atoms with van der Waals surface area (Å²) in [6, 6.07) is 0. The van der Waals surface area contributed by atoms with Crippen LogP contribution >= 0.6 is 0 Å². The van der Waals surface area contributed by atoms with Crippen molar-refractivity contribution < 1.29 is 24.9 Å². The molecule has 0 fully saturated rings. The minimum absolute atomic E-state index is 0.244. The van der Waals surface area contributed by atoms with Gasteiger partial charge in [0, 0.05) is 6.42 Å². The first-order valence-corrected chi connectivity index (χ1v) is 4.91. The second-order valence-electron chi connectivity index (χ2n) is 3.75. The van der Waals surface area contributed by atoms with E-state index >= 15 is 0 Å². The zero-order valence-corrected chi connectivity index (χ0v) is 8.54. The highest BCUT2D eigenvalue weighted by Crippen LogP contribution is 2.11. The van der Waals surface area contributed by atoms with Crippen molar-refractivity contribution in [3.63, 3.8) is 0 Å². The summed E-state index contributed by atoms with van der Waals surface area (Å²) in [6.07, 6.45) is -0.805. The number of carbonyl (C=O) groups is 1. The minimum Gasteiger partial charge on any atom is -0.462 e. The zero-order valence-electron chi connectivity index (χ0n) is 8.54. The molecule has 0 saturated carbocycles. The Hall–Kier alpha value is -0.910. The van der Waals surface area contributed by atoms with Gasteiger partial charge in [0.15, 0.2) is 0 Å². The van der Waals surface area contributed by atoms with Crippen molar-refractivity contribution in [2.75, 3.05) is 0 Å². The van der Waals surface area contributed by atoms with E-state index in [0.29, 0.717) is 0 Å². The maximum Gasteiger partial charge on any atom is 0.308 e. The van der Waals surface area contributed by atoms with E-state index in [4.69, 9.17) is 4.74 Å². The number of hydrogen-bond donors (Lipinski definition) is 3. The Bertz CT molecular complexity index is 250. The molecule has 86 valence electrons. The van der Waals surface area contributed by atoms with Gasteiger partial charge >= 0.3 is 5.97 Å². The third kappa shape index (κ3) is 3.99. The normalized spacial score (nSPS) is 40.7. The lowest BCUT2D eigenvalue weighted by molar-refractivity contribution is -0.152. The molecule has 0 amide bonds. The average Bonchev–Trinajstić information content (AvgIpc) is 2.12. The molecule has 0 saturated heterocycles. The molecule has 0 aromatic carbocycles. The number of ether oxygens (including phenoxy) is 1. The van der Waals surface area contributed by atoms with E-state index in [1.54, 1.807) is 6.92 Å². The van der Waals surface area contributed by atoms with E-state index < -0.39 is 30.4 Å². The minimum atomic E-state index is -1.19. The van der Waals surface area contributed by atoms with Crippen LogP contribution < -0.4 is 0 Å². The SMILES string of the molecule is [13CH3][C@@H]1[13CH2][C@H](O)/[13CH]=C/[13C@H](O)[C@@H](O)[13CH2]C(=O)O1. The van der Waals surface area contributed by atoms with Crippen LogP contribution in [0.25, 0.3) is 0 Å². The molecule has 0 spiro atoms.